The topological polar surface area (TPSA) is 21.3 Å². The molecular formula is C16H24BrNOS. The average molecular weight is 358 g/mol. The van der Waals surface area contributed by atoms with E-state index in [1.54, 1.807) is 7.11 Å². The molecule has 0 aliphatic carbocycles. The minimum atomic E-state index is 0.534. The van der Waals surface area contributed by atoms with E-state index in [1.165, 1.54) is 36.3 Å². The number of hydrogen-bond acceptors (Lipinski definition) is 3. The molecule has 0 bridgehead atoms. The molecule has 0 spiro atoms. The van der Waals surface area contributed by atoms with Crippen LogP contribution in [0.25, 0.3) is 0 Å². The third kappa shape index (κ3) is 4.68. The maximum Gasteiger partial charge on any atom is 0.122 e. The van der Waals surface area contributed by atoms with Crippen molar-refractivity contribution in [2.75, 3.05) is 25.7 Å². The van der Waals surface area contributed by atoms with E-state index in [2.05, 4.69) is 46.1 Å². The SMILES string of the molecule is CNC(Cc1cc(Br)ccc1OC)CC1CCSCC1. The second-order valence-corrected chi connectivity index (χ2v) is 7.58. The Bertz CT molecular complexity index is 421. The van der Waals surface area contributed by atoms with Crippen LogP contribution < -0.4 is 10.1 Å². The Labute approximate surface area is 135 Å². The summed E-state index contributed by atoms with van der Waals surface area (Å²) in [6.07, 6.45) is 5.05. The van der Waals surface area contributed by atoms with Crippen LogP contribution in [0.4, 0.5) is 0 Å². The van der Waals surface area contributed by atoms with Gasteiger partial charge in [-0.05, 0) is 73.9 Å². The lowest BCUT2D eigenvalue weighted by molar-refractivity contribution is 0.368. The van der Waals surface area contributed by atoms with Gasteiger partial charge in [0.25, 0.3) is 0 Å². The molecular weight excluding hydrogens is 334 g/mol. The number of rotatable bonds is 6. The summed E-state index contributed by atoms with van der Waals surface area (Å²) < 4.78 is 6.61. The lowest BCUT2D eigenvalue weighted by Gasteiger charge is -2.26. The van der Waals surface area contributed by atoms with Gasteiger partial charge in [-0.2, -0.15) is 11.8 Å². The van der Waals surface area contributed by atoms with Gasteiger partial charge in [0.1, 0.15) is 5.75 Å². The Kier molecular flexibility index (Phi) is 6.72. The third-order valence-electron chi connectivity index (χ3n) is 4.08. The molecule has 1 heterocycles. The molecule has 1 unspecified atom stereocenters. The van der Waals surface area contributed by atoms with E-state index in [0.717, 1.165) is 22.6 Å². The first-order valence-corrected chi connectivity index (χ1v) is 9.25. The number of thioether (sulfide) groups is 1. The molecule has 0 saturated carbocycles. The van der Waals surface area contributed by atoms with Crippen molar-refractivity contribution in [1.29, 1.82) is 0 Å². The van der Waals surface area contributed by atoms with Crippen molar-refractivity contribution < 1.29 is 4.74 Å². The van der Waals surface area contributed by atoms with Crippen LogP contribution in [0.2, 0.25) is 0 Å². The van der Waals surface area contributed by atoms with Crippen molar-refractivity contribution in [2.45, 2.75) is 31.7 Å². The summed E-state index contributed by atoms with van der Waals surface area (Å²) in [7, 11) is 3.83. The largest absolute Gasteiger partial charge is 0.496 e. The van der Waals surface area contributed by atoms with E-state index in [1.807, 2.05) is 12.1 Å². The predicted octanol–water partition coefficient (Wildman–Crippen LogP) is 4.12. The Morgan fingerprint density at radius 3 is 2.80 bits per heavy atom. The van der Waals surface area contributed by atoms with Crippen LogP contribution in [0, 0.1) is 5.92 Å². The highest BCUT2D eigenvalue weighted by Crippen LogP contribution is 2.29. The molecule has 1 fully saturated rings. The first kappa shape index (κ1) is 16.2. The molecule has 2 rings (SSSR count). The molecule has 1 aliphatic heterocycles. The summed E-state index contributed by atoms with van der Waals surface area (Å²) in [5.41, 5.74) is 1.28. The summed E-state index contributed by atoms with van der Waals surface area (Å²) >= 11 is 5.66. The number of halogens is 1. The molecule has 1 aromatic rings. The van der Waals surface area contributed by atoms with Gasteiger partial charge >= 0.3 is 0 Å². The average Bonchev–Trinajstić information content (AvgIpc) is 2.48. The molecule has 1 N–H and O–H groups in total. The van der Waals surface area contributed by atoms with Gasteiger partial charge in [0.05, 0.1) is 7.11 Å². The molecule has 4 heteroatoms. The standard InChI is InChI=1S/C16H24BrNOS/c1-18-15(9-12-5-7-20-8-6-12)11-13-10-14(17)3-4-16(13)19-2/h3-4,10,12,15,18H,5-9,11H2,1-2H3. The first-order valence-electron chi connectivity index (χ1n) is 7.30. The number of likely N-dealkylation sites (N-methyl/N-ethyl adjacent to an activating group) is 1. The zero-order valence-electron chi connectivity index (χ0n) is 12.3. The first-order chi connectivity index (χ1) is 9.72. The molecule has 1 aromatic carbocycles. The third-order valence-corrected chi connectivity index (χ3v) is 5.62. The van der Waals surface area contributed by atoms with Crippen LogP contribution in [0.5, 0.6) is 5.75 Å². The Hall–Kier alpha value is -0.190. The predicted molar refractivity (Wildman–Crippen MR) is 91.9 cm³/mol. The number of hydrogen-bond donors (Lipinski definition) is 1. The lowest BCUT2D eigenvalue weighted by Crippen LogP contribution is -2.31. The summed E-state index contributed by atoms with van der Waals surface area (Å²) in [5.74, 6) is 4.54. The molecule has 0 radical (unpaired) electrons. The van der Waals surface area contributed by atoms with Crippen molar-refractivity contribution in [3.63, 3.8) is 0 Å². The van der Waals surface area contributed by atoms with E-state index in [4.69, 9.17) is 4.74 Å². The molecule has 1 aliphatic rings. The normalized spacial score (nSPS) is 17.9. The second kappa shape index (κ2) is 8.30. The maximum atomic E-state index is 5.48. The van der Waals surface area contributed by atoms with Gasteiger partial charge in [0.2, 0.25) is 0 Å². The van der Waals surface area contributed by atoms with Gasteiger partial charge in [-0.25, -0.2) is 0 Å². The van der Waals surface area contributed by atoms with Crippen molar-refractivity contribution >= 4 is 27.7 Å². The molecule has 0 amide bonds. The van der Waals surface area contributed by atoms with Crippen molar-refractivity contribution in [3.8, 4) is 5.75 Å². The van der Waals surface area contributed by atoms with Crippen molar-refractivity contribution in [2.24, 2.45) is 5.92 Å². The quantitative estimate of drug-likeness (QED) is 0.827. The highest BCUT2D eigenvalue weighted by Gasteiger charge is 2.19. The zero-order valence-corrected chi connectivity index (χ0v) is 14.7. The Morgan fingerprint density at radius 2 is 2.15 bits per heavy atom. The molecule has 1 atom stereocenters. The highest BCUT2D eigenvalue weighted by atomic mass is 79.9. The molecule has 2 nitrogen and oxygen atoms in total. The van der Waals surface area contributed by atoms with Crippen molar-refractivity contribution in [1.82, 2.24) is 5.32 Å². The molecule has 112 valence electrons. The minimum absolute atomic E-state index is 0.534. The van der Waals surface area contributed by atoms with Crippen LogP contribution in [0.3, 0.4) is 0 Å². The zero-order chi connectivity index (χ0) is 14.4. The van der Waals surface area contributed by atoms with Crippen LogP contribution in [0.15, 0.2) is 22.7 Å². The fraction of sp³-hybridized carbons (Fsp3) is 0.625. The smallest absolute Gasteiger partial charge is 0.122 e. The van der Waals surface area contributed by atoms with E-state index in [-0.39, 0.29) is 0 Å². The Balaban J connectivity index is 1.99. The van der Waals surface area contributed by atoms with Crippen LogP contribution in [-0.2, 0) is 6.42 Å². The molecule has 0 aromatic heterocycles. The fourth-order valence-electron chi connectivity index (χ4n) is 2.86. The Morgan fingerprint density at radius 1 is 1.40 bits per heavy atom. The number of ether oxygens (including phenoxy) is 1. The second-order valence-electron chi connectivity index (χ2n) is 5.44. The maximum absolute atomic E-state index is 5.48. The van der Waals surface area contributed by atoms with Gasteiger partial charge in [0.15, 0.2) is 0 Å². The van der Waals surface area contributed by atoms with Crippen molar-refractivity contribution in [3.05, 3.63) is 28.2 Å². The van der Waals surface area contributed by atoms with Gasteiger partial charge in [0, 0.05) is 10.5 Å². The van der Waals surface area contributed by atoms with E-state index in [9.17, 15) is 0 Å². The van der Waals surface area contributed by atoms with Crippen LogP contribution in [0.1, 0.15) is 24.8 Å². The van der Waals surface area contributed by atoms with Crippen LogP contribution in [-0.4, -0.2) is 31.7 Å². The van der Waals surface area contributed by atoms with Crippen LogP contribution >= 0.6 is 27.7 Å². The van der Waals surface area contributed by atoms with Gasteiger partial charge in [-0.3, -0.25) is 0 Å². The summed E-state index contributed by atoms with van der Waals surface area (Å²) in [5, 5.41) is 3.49. The summed E-state index contributed by atoms with van der Waals surface area (Å²) in [6, 6.07) is 6.80. The fourth-order valence-corrected chi connectivity index (χ4v) is 4.47. The van der Waals surface area contributed by atoms with E-state index < -0.39 is 0 Å². The molecule has 1 saturated heterocycles. The van der Waals surface area contributed by atoms with Gasteiger partial charge < -0.3 is 10.1 Å². The highest BCUT2D eigenvalue weighted by molar-refractivity contribution is 9.10. The summed E-state index contributed by atoms with van der Waals surface area (Å²) in [6.45, 7) is 0. The molecule has 20 heavy (non-hydrogen) atoms. The van der Waals surface area contributed by atoms with E-state index >= 15 is 0 Å². The lowest BCUT2D eigenvalue weighted by atomic mass is 9.91. The van der Waals surface area contributed by atoms with E-state index in [0.29, 0.717) is 6.04 Å². The summed E-state index contributed by atoms with van der Waals surface area (Å²) in [4.78, 5) is 0. The van der Waals surface area contributed by atoms with Gasteiger partial charge in [-0.15, -0.1) is 0 Å². The number of benzene rings is 1. The van der Waals surface area contributed by atoms with Gasteiger partial charge in [-0.1, -0.05) is 15.9 Å². The number of nitrogens with one attached hydrogen (secondary N) is 1. The minimum Gasteiger partial charge on any atom is -0.496 e. The number of methoxy groups -OCH3 is 1. The monoisotopic (exact) mass is 357 g/mol.